The number of hydrogen-bond donors (Lipinski definition) is 1. The molecule has 0 spiro atoms. The molecule has 1 saturated carbocycles. The van der Waals surface area contributed by atoms with Crippen LogP contribution in [-0.2, 0) is 0 Å². The molecule has 0 aromatic carbocycles. The van der Waals surface area contributed by atoms with Crippen molar-refractivity contribution in [2.24, 2.45) is 5.92 Å². The van der Waals surface area contributed by atoms with E-state index in [4.69, 9.17) is 4.74 Å². The topological polar surface area (TPSA) is 34.2 Å². The smallest absolute Gasteiger partial charge is 0.138 e. The molecular weight excluding hydrogens is 224 g/mol. The highest BCUT2D eigenvalue weighted by atomic mass is 16.5. The van der Waals surface area contributed by atoms with Crippen LogP contribution in [-0.4, -0.2) is 17.6 Å². The predicted molar refractivity (Wildman–Crippen MR) is 73.8 cm³/mol. The molecule has 1 fully saturated rings. The predicted octanol–water partition coefficient (Wildman–Crippen LogP) is 3.32. The van der Waals surface area contributed by atoms with Gasteiger partial charge < -0.3 is 10.1 Å². The monoisotopic (exact) mass is 248 g/mol. The Kier molecular flexibility index (Phi) is 4.59. The minimum absolute atomic E-state index is 0.198. The molecule has 0 saturated heterocycles. The minimum atomic E-state index is 0.198. The lowest BCUT2D eigenvalue weighted by Crippen LogP contribution is -2.32. The molecule has 3 nitrogen and oxygen atoms in total. The van der Waals surface area contributed by atoms with E-state index in [0.29, 0.717) is 6.04 Å². The summed E-state index contributed by atoms with van der Waals surface area (Å²) in [4.78, 5) is 4.32. The zero-order chi connectivity index (χ0) is 13.0. The van der Waals surface area contributed by atoms with Crippen molar-refractivity contribution in [2.75, 3.05) is 6.54 Å². The van der Waals surface area contributed by atoms with Crippen LogP contribution in [0.15, 0.2) is 18.5 Å². The second-order valence-electron chi connectivity index (χ2n) is 5.35. The Hall–Kier alpha value is -1.09. The van der Waals surface area contributed by atoms with Crippen LogP contribution in [0.3, 0.4) is 0 Å². The molecule has 1 aliphatic carbocycles. The fourth-order valence-electron chi connectivity index (χ4n) is 2.49. The lowest BCUT2D eigenvalue weighted by Gasteiger charge is -2.34. The normalized spacial score (nSPS) is 17.6. The fraction of sp³-hybridized carbons (Fsp3) is 0.667. The summed E-state index contributed by atoms with van der Waals surface area (Å²) in [5.41, 5.74) is 1.26. The van der Waals surface area contributed by atoms with E-state index in [1.54, 1.807) is 6.20 Å². The van der Waals surface area contributed by atoms with E-state index in [1.165, 1.54) is 24.8 Å². The Bertz CT molecular complexity index is 375. The van der Waals surface area contributed by atoms with E-state index in [1.807, 2.05) is 20.0 Å². The van der Waals surface area contributed by atoms with Gasteiger partial charge in [-0.1, -0.05) is 13.3 Å². The van der Waals surface area contributed by atoms with Gasteiger partial charge in [0.25, 0.3) is 0 Å². The third-order valence-electron chi connectivity index (χ3n) is 3.51. The first-order valence-corrected chi connectivity index (χ1v) is 7.05. The van der Waals surface area contributed by atoms with Gasteiger partial charge in [0.05, 0.1) is 12.3 Å². The van der Waals surface area contributed by atoms with Crippen LogP contribution < -0.4 is 10.1 Å². The summed E-state index contributed by atoms with van der Waals surface area (Å²) >= 11 is 0. The van der Waals surface area contributed by atoms with Crippen LogP contribution in [0.4, 0.5) is 0 Å². The third kappa shape index (κ3) is 3.22. The zero-order valence-corrected chi connectivity index (χ0v) is 11.6. The lowest BCUT2D eigenvalue weighted by atomic mass is 9.77. The third-order valence-corrected chi connectivity index (χ3v) is 3.51. The second kappa shape index (κ2) is 6.19. The standard InChI is InChI=1S/C15H24N2O/c1-4-17-15(12-6-5-7-12)13-8-14(10-16-9-13)18-11(2)3/h8-12,15,17H,4-7H2,1-3H3. The first-order valence-electron chi connectivity index (χ1n) is 7.05. The van der Waals surface area contributed by atoms with Gasteiger partial charge in [0, 0.05) is 12.2 Å². The van der Waals surface area contributed by atoms with E-state index in [9.17, 15) is 0 Å². The highest BCUT2D eigenvalue weighted by molar-refractivity contribution is 5.27. The maximum atomic E-state index is 5.72. The van der Waals surface area contributed by atoms with E-state index in [2.05, 4.69) is 23.3 Å². The molecule has 0 aliphatic heterocycles. The molecule has 0 amide bonds. The van der Waals surface area contributed by atoms with Crippen molar-refractivity contribution in [2.45, 2.75) is 52.2 Å². The van der Waals surface area contributed by atoms with Crippen molar-refractivity contribution in [1.29, 1.82) is 0 Å². The van der Waals surface area contributed by atoms with Gasteiger partial charge in [-0.25, -0.2) is 0 Å². The van der Waals surface area contributed by atoms with Crippen molar-refractivity contribution in [3.8, 4) is 5.75 Å². The quantitative estimate of drug-likeness (QED) is 0.838. The van der Waals surface area contributed by atoms with Crippen LogP contribution in [0.5, 0.6) is 5.75 Å². The molecule has 1 N–H and O–H groups in total. The molecule has 0 radical (unpaired) electrons. The summed E-state index contributed by atoms with van der Waals surface area (Å²) in [5, 5.41) is 3.59. The average Bonchev–Trinajstić information content (AvgIpc) is 2.25. The number of nitrogens with one attached hydrogen (secondary N) is 1. The Morgan fingerprint density at radius 1 is 1.39 bits per heavy atom. The van der Waals surface area contributed by atoms with Crippen molar-refractivity contribution >= 4 is 0 Å². The molecule has 18 heavy (non-hydrogen) atoms. The second-order valence-corrected chi connectivity index (χ2v) is 5.35. The zero-order valence-electron chi connectivity index (χ0n) is 11.6. The highest BCUT2D eigenvalue weighted by Gasteiger charge is 2.28. The molecule has 3 heteroatoms. The van der Waals surface area contributed by atoms with Crippen LogP contribution in [0, 0.1) is 5.92 Å². The molecule has 1 atom stereocenters. The number of ether oxygens (including phenoxy) is 1. The SMILES string of the molecule is CCNC(c1cncc(OC(C)C)c1)C1CCC1. The van der Waals surface area contributed by atoms with Gasteiger partial charge in [-0.3, -0.25) is 4.98 Å². The van der Waals surface area contributed by atoms with Crippen LogP contribution in [0.2, 0.25) is 0 Å². The van der Waals surface area contributed by atoms with E-state index < -0.39 is 0 Å². The largest absolute Gasteiger partial charge is 0.489 e. The van der Waals surface area contributed by atoms with E-state index in [-0.39, 0.29) is 6.10 Å². The average molecular weight is 248 g/mol. The Balaban J connectivity index is 2.13. The molecule has 1 heterocycles. The van der Waals surface area contributed by atoms with Gasteiger partial charge in [-0.2, -0.15) is 0 Å². The molecule has 1 aromatic heterocycles. The van der Waals surface area contributed by atoms with Crippen LogP contribution in [0.1, 0.15) is 51.6 Å². The van der Waals surface area contributed by atoms with Gasteiger partial charge in [0.1, 0.15) is 5.75 Å². The fourth-order valence-corrected chi connectivity index (χ4v) is 2.49. The van der Waals surface area contributed by atoms with E-state index in [0.717, 1.165) is 18.2 Å². The van der Waals surface area contributed by atoms with Crippen molar-refractivity contribution in [1.82, 2.24) is 10.3 Å². The summed E-state index contributed by atoms with van der Waals surface area (Å²) in [7, 11) is 0. The lowest BCUT2D eigenvalue weighted by molar-refractivity contribution is 0.227. The number of hydrogen-bond acceptors (Lipinski definition) is 3. The maximum Gasteiger partial charge on any atom is 0.138 e. The molecular formula is C15H24N2O. The van der Waals surface area contributed by atoms with Crippen molar-refractivity contribution < 1.29 is 4.74 Å². The Labute approximate surface area is 110 Å². The molecule has 2 rings (SSSR count). The molecule has 0 bridgehead atoms. The van der Waals surface area contributed by atoms with Gasteiger partial charge in [0.15, 0.2) is 0 Å². The van der Waals surface area contributed by atoms with Gasteiger partial charge in [0.2, 0.25) is 0 Å². The summed E-state index contributed by atoms with van der Waals surface area (Å²) in [6, 6.07) is 2.57. The van der Waals surface area contributed by atoms with Gasteiger partial charge in [-0.15, -0.1) is 0 Å². The van der Waals surface area contributed by atoms with Crippen molar-refractivity contribution in [3.63, 3.8) is 0 Å². The summed E-state index contributed by atoms with van der Waals surface area (Å²) < 4.78 is 5.72. The molecule has 100 valence electrons. The van der Waals surface area contributed by atoms with Gasteiger partial charge >= 0.3 is 0 Å². The number of pyridine rings is 1. The summed E-state index contributed by atoms with van der Waals surface area (Å²) in [6.45, 7) is 7.24. The number of aromatic nitrogens is 1. The Morgan fingerprint density at radius 3 is 2.72 bits per heavy atom. The summed E-state index contributed by atoms with van der Waals surface area (Å²) in [5.74, 6) is 1.64. The van der Waals surface area contributed by atoms with Crippen molar-refractivity contribution in [3.05, 3.63) is 24.0 Å². The maximum absolute atomic E-state index is 5.72. The van der Waals surface area contributed by atoms with Gasteiger partial charge in [-0.05, 0) is 50.8 Å². The van der Waals surface area contributed by atoms with E-state index >= 15 is 0 Å². The molecule has 1 unspecified atom stereocenters. The summed E-state index contributed by atoms with van der Waals surface area (Å²) in [6.07, 6.45) is 7.98. The van der Waals surface area contributed by atoms with Crippen LogP contribution >= 0.6 is 0 Å². The first-order chi connectivity index (χ1) is 8.70. The first kappa shape index (κ1) is 13.3. The molecule has 1 aromatic rings. The number of rotatable bonds is 6. The van der Waals surface area contributed by atoms with Crippen LogP contribution in [0.25, 0.3) is 0 Å². The Morgan fingerprint density at radius 2 is 2.17 bits per heavy atom. The number of nitrogens with zero attached hydrogens (tertiary/aromatic N) is 1. The molecule has 1 aliphatic rings. The minimum Gasteiger partial charge on any atom is -0.489 e. The highest BCUT2D eigenvalue weighted by Crippen LogP contribution is 2.38.